The molecule has 0 bridgehead atoms. The molecule has 100 valence electrons. The third-order valence-corrected chi connectivity index (χ3v) is 2.95. The van der Waals surface area contributed by atoms with E-state index in [1.54, 1.807) is 18.2 Å². The predicted octanol–water partition coefficient (Wildman–Crippen LogP) is 5.13. The summed E-state index contributed by atoms with van der Waals surface area (Å²) < 4.78 is 13.6. The summed E-state index contributed by atoms with van der Waals surface area (Å²) in [5.41, 5.74) is 1.63. The van der Waals surface area contributed by atoms with Crippen molar-refractivity contribution >= 4 is 0 Å². The van der Waals surface area contributed by atoms with Crippen LogP contribution < -0.4 is 0 Å². The van der Waals surface area contributed by atoms with Crippen LogP contribution in [0.5, 0.6) is 0 Å². The molecule has 1 unspecified atom stereocenters. The fourth-order valence-electron chi connectivity index (χ4n) is 2.04. The number of hydrogen-bond acceptors (Lipinski definition) is 1. The largest absolute Gasteiger partial charge is 0.207 e. The first-order valence-corrected chi connectivity index (χ1v) is 6.81. The predicted molar refractivity (Wildman–Crippen MR) is 77.2 cm³/mol. The summed E-state index contributed by atoms with van der Waals surface area (Å²) >= 11 is 0. The molecule has 0 aromatic heterocycles. The number of halogens is 1. The minimum atomic E-state index is -0.398. The van der Waals surface area contributed by atoms with Gasteiger partial charge in [-0.25, -0.2) is 4.39 Å². The molecule has 0 amide bonds. The van der Waals surface area contributed by atoms with E-state index in [2.05, 4.69) is 18.2 Å². The Hall–Kier alpha value is -1.88. The van der Waals surface area contributed by atoms with Gasteiger partial charge in [0.1, 0.15) is 5.82 Å². The van der Waals surface area contributed by atoms with Crippen LogP contribution in [0.2, 0.25) is 0 Å². The van der Waals surface area contributed by atoms with Crippen LogP contribution in [0.1, 0.15) is 44.6 Å². The second-order valence-electron chi connectivity index (χ2n) is 4.17. The van der Waals surface area contributed by atoms with Crippen LogP contribution in [0.4, 0.5) is 4.39 Å². The molecule has 0 aliphatic heterocycles. The van der Waals surface area contributed by atoms with E-state index in [1.165, 1.54) is 6.07 Å². The standard InChI is InChI=1S/C15H14FN.C2H6/c16-15-9-5-4-8-14(15)13(11-17)10-12-6-2-1-3-7-12;1-2/h2,4-9,13H,1,3,10H2;1-2H3. The summed E-state index contributed by atoms with van der Waals surface area (Å²) in [7, 11) is 0. The number of nitrogens with zero attached hydrogens (tertiary/aromatic N) is 1. The van der Waals surface area contributed by atoms with Crippen LogP contribution >= 0.6 is 0 Å². The number of allylic oxidation sites excluding steroid dienone is 4. The fourth-order valence-corrected chi connectivity index (χ4v) is 2.04. The lowest BCUT2D eigenvalue weighted by atomic mass is 9.91. The lowest BCUT2D eigenvalue weighted by molar-refractivity contribution is 0.600. The second-order valence-corrected chi connectivity index (χ2v) is 4.17. The molecule has 1 nitrogen and oxygen atoms in total. The Morgan fingerprint density at radius 1 is 1.26 bits per heavy atom. The molecule has 0 heterocycles. The van der Waals surface area contributed by atoms with E-state index >= 15 is 0 Å². The van der Waals surface area contributed by atoms with Gasteiger partial charge in [-0.05, 0) is 25.3 Å². The molecule has 0 radical (unpaired) electrons. The van der Waals surface area contributed by atoms with Crippen molar-refractivity contribution in [2.45, 2.75) is 39.0 Å². The van der Waals surface area contributed by atoms with Gasteiger partial charge < -0.3 is 0 Å². The van der Waals surface area contributed by atoms with E-state index in [0.29, 0.717) is 12.0 Å². The molecule has 0 N–H and O–H groups in total. The summed E-state index contributed by atoms with van der Waals surface area (Å²) in [6.45, 7) is 4.00. The van der Waals surface area contributed by atoms with Crippen LogP contribution in [0.3, 0.4) is 0 Å². The van der Waals surface area contributed by atoms with E-state index in [0.717, 1.165) is 18.4 Å². The minimum absolute atomic E-state index is 0.292. The van der Waals surface area contributed by atoms with Crippen LogP contribution in [0.25, 0.3) is 0 Å². The zero-order valence-corrected chi connectivity index (χ0v) is 11.6. The van der Waals surface area contributed by atoms with Gasteiger partial charge in [0.05, 0.1) is 12.0 Å². The third-order valence-electron chi connectivity index (χ3n) is 2.95. The average molecular weight is 257 g/mol. The summed E-state index contributed by atoms with van der Waals surface area (Å²) in [6, 6.07) is 8.71. The molecule has 0 saturated carbocycles. The Morgan fingerprint density at radius 3 is 2.58 bits per heavy atom. The zero-order valence-electron chi connectivity index (χ0n) is 11.6. The molecule has 1 aromatic carbocycles. The van der Waals surface area contributed by atoms with Crippen molar-refractivity contribution < 1.29 is 4.39 Å². The van der Waals surface area contributed by atoms with Gasteiger partial charge >= 0.3 is 0 Å². The molecule has 2 rings (SSSR count). The molecule has 19 heavy (non-hydrogen) atoms. The average Bonchev–Trinajstić information content (AvgIpc) is 2.49. The Morgan fingerprint density at radius 2 is 2.00 bits per heavy atom. The molecule has 0 saturated heterocycles. The number of hydrogen-bond donors (Lipinski definition) is 0. The maximum absolute atomic E-state index is 13.6. The van der Waals surface area contributed by atoms with Crippen LogP contribution in [-0.4, -0.2) is 0 Å². The van der Waals surface area contributed by atoms with Crippen LogP contribution in [0, 0.1) is 17.1 Å². The van der Waals surface area contributed by atoms with E-state index < -0.39 is 5.92 Å². The Labute approximate surface area is 115 Å². The van der Waals surface area contributed by atoms with Gasteiger partial charge in [-0.1, -0.05) is 55.8 Å². The van der Waals surface area contributed by atoms with E-state index in [4.69, 9.17) is 5.26 Å². The first-order valence-electron chi connectivity index (χ1n) is 6.81. The van der Waals surface area contributed by atoms with E-state index in [-0.39, 0.29) is 5.82 Å². The Balaban J connectivity index is 0.000000861. The molecule has 1 aliphatic rings. The van der Waals surface area contributed by atoms with Crippen LogP contribution in [0.15, 0.2) is 48.1 Å². The number of rotatable bonds is 3. The highest BCUT2D eigenvalue weighted by Gasteiger charge is 2.16. The quantitative estimate of drug-likeness (QED) is 0.736. The number of benzene rings is 1. The van der Waals surface area contributed by atoms with Gasteiger partial charge in [0.25, 0.3) is 0 Å². The fraction of sp³-hybridized carbons (Fsp3) is 0.353. The van der Waals surface area contributed by atoms with Crippen molar-refractivity contribution in [1.82, 2.24) is 0 Å². The lowest BCUT2D eigenvalue weighted by Gasteiger charge is -2.13. The number of nitriles is 1. The van der Waals surface area contributed by atoms with Gasteiger partial charge in [0.2, 0.25) is 0 Å². The highest BCUT2D eigenvalue weighted by molar-refractivity contribution is 5.32. The Bertz CT molecular complexity index is 494. The molecule has 2 heteroatoms. The maximum Gasteiger partial charge on any atom is 0.127 e. The van der Waals surface area contributed by atoms with Crippen molar-refractivity contribution in [1.29, 1.82) is 5.26 Å². The Kier molecular flexibility index (Phi) is 6.60. The normalized spacial score (nSPS) is 14.7. The summed E-state index contributed by atoms with van der Waals surface area (Å²) in [6.07, 6.45) is 8.93. The third kappa shape index (κ3) is 4.37. The van der Waals surface area contributed by atoms with Gasteiger partial charge in [-0.15, -0.1) is 0 Å². The van der Waals surface area contributed by atoms with Crippen LogP contribution in [-0.2, 0) is 0 Å². The topological polar surface area (TPSA) is 23.8 Å². The zero-order chi connectivity index (χ0) is 14.1. The highest BCUT2D eigenvalue weighted by Crippen LogP contribution is 2.27. The van der Waals surface area contributed by atoms with Gasteiger partial charge in [0.15, 0.2) is 0 Å². The molecule has 1 aliphatic carbocycles. The molecular formula is C17H20FN. The highest BCUT2D eigenvalue weighted by atomic mass is 19.1. The van der Waals surface area contributed by atoms with Gasteiger partial charge in [-0.2, -0.15) is 5.26 Å². The lowest BCUT2D eigenvalue weighted by Crippen LogP contribution is -2.01. The SMILES string of the molecule is CC.N#CC(CC1=CCCC=C1)c1ccccc1F. The molecule has 0 fully saturated rings. The van der Waals surface area contributed by atoms with Crippen molar-refractivity contribution in [3.05, 3.63) is 59.4 Å². The summed E-state index contributed by atoms with van der Waals surface area (Å²) in [4.78, 5) is 0. The van der Waals surface area contributed by atoms with Gasteiger partial charge in [-0.3, -0.25) is 0 Å². The first-order chi connectivity index (χ1) is 9.31. The van der Waals surface area contributed by atoms with Crippen molar-refractivity contribution in [2.75, 3.05) is 0 Å². The smallest absolute Gasteiger partial charge is 0.127 e. The monoisotopic (exact) mass is 257 g/mol. The molecule has 1 atom stereocenters. The maximum atomic E-state index is 13.6. The second kappa shape index (κ2) is 8.26. The molecular weight excluding hydrogens is 237 g/mol. The molecule has 0 spiro atoms. The first kappa shape index (κ1) is 15.2. The minimum Gasteiger partial charge on any atom is -0.207 e. The van der Waals surface area contributed by atoms with Crippen molar-refractivity contribution in [2.24, 2.45) is 0 Å². The van der Waals surface area contributed by atoms with E-state index in [9.17, 15) is 4.39 Å². The summed E-state index contributed by atoms with van der Waals surface area (Å²) in [5.74, 6) is -0.690. The summed E-state index contributed by atoms with van der Waals surface area (Å²) in [5, 5.41) is 9.17. The van der Waals surface area contributed by atoms with E-state index in [1.807, 2.05) is 19.9 Å². The van der Waals surface area contributed by atoms with Crippen molar-refractivity contribution in [3.63, 3.8) is 0 Å². The van der Waals surface area contributed by atoms with Crippen molar-refractivity contribution in [3.8, 4) is 6.07 Å². The van der Waals surface area contributed by atoms with Gasteiger partial charge in [0, 0.05) is 5.56 Å². The molecule has 1 aromatic rings.